The van der Waals surface area contributed by atoms with Crippen LogP contribution in [0, 0.1) is 11.3 Å². The van der Waals surface area contributed by atoms with Gasteiger partial charge in [-0.1, -0.05) is 18.5 Å². The molecule has 0 amide bonds. The van der Waals surface area contributed by atoms with Gasteiger partial charge in [-0.3, -0.25) is 9.36 Å². The molecular formula is C21H23ClN2O4. The third-order valence-corrected chi connectivity index (χ3v) is 4.29. The lowest BCUT2D eigenvalue weighted by Crippen LogP contribution is -2.34. The fraction of sp³-hybridized carbons (Fsp3) is 0.381. The molecule has 0 aliphatic heterocycles. The summed E-state index contributed by atoms with van der Waals surface area (Å²) >= 11 is 6.07. The van der Waals surface area contributed by atoms with Crippen LogP contribution in [0.5, 0.6) is 5.75 Å². The van der Waals surface area contributed by atoms with Gasteiger partial charge in [0, 0.05) is 22.2 Å². The normalized spacial score (nSPS) is 12.2. The lowest BCUT2D eigenvalue weighted by Gasteiger charge is -2.25. The number of halogens is 1. The highest BCUT2D eigenvalue weighted by Crippen LogP contribution is 2.33. The average Bonchev–Trinajstić information content (AvgIpc) is 2.61. The molecule has 0 N–H and O–H groups in total. The van der Waals surface area contributed by atoms with E-state index < -0.39 is 23.2 Å². The first-order valence-electron chi connectivity index (χ1n) is 8.84. The highest BCUT2D eigenvalue weighted by molar-refractivity contribution is 6.31. The van der Waals surface area contributed by atoms with E-state index in [0.717, 1.165) is 0 Å². The summed E-state index contributed by atoms with van der Waals surface area (Å²) in [4.78, 5) is 25.4. The highest BCUT2D eigenvalue weighted by atomic mass is 35.5. The van der Waals surface area contributed by atoms with Gasteiger partial charge < -0.3 is 9.47 Å². The summed E-state index contributed by atoms with van der Waals surface area (Å²) in [7, 11) is 1.46. The lowest BCUT2D eigenvalue weighted by molar-refractivity contribution is -0.159. The van der Waals surface area contributed by atoms with E-state index in [0.29, 0.717) is 33.9 Å². The predicted molar refractivity (Wildman–Crippen MR) is 108 cm³/mol. The second kappa shape index (κ2) is 8.49. The number of hydrogen-bond donors (Lipinski definition) is 0. The summed E-state index contributed by atoms with van der Waals surface area (Å²) < 4.78 is 12.2. The second-order valence-electron chi connectivity index (χ2n) is 7.26. The van der Waals surface area contributed by atoms with Crippen LogP contribution in [0.15, 0.2) is 35.3 Å². The fourth-order valence-corrected chi connectivity index (χ4v) is 3.00. The van der Waals surface area contributed by atoms with Crippen molar-refractivity contribution in [3.05, 3.63) is 51.4 Å². The average molecular weight is 403 g/mol. The van der Waals surface area contributed by atoms with Crippen molar-refractivity contribution in [3.63, 3.8) is 0 Å². The number of ether oxygens (including phenoxy) is 2. The molecule has 6 nitrogen and oxygen atoms in total. The minimum atomic E-state index is -0.788. The first kappa shape index (κ1) is 21.5. The van der Waals surface area contributed by atoms with Crippen molar-refractivity contribution in [2.75, 3.05) is 7.11 Å². The minimum absolute atomic E-state index is 0.348. The van der Waals surface area contributed by atoms with Crippen LogP contribution in [-0.2, 0) is 9.53 Å². The van der Waals surface area contributed by atoms with Crippen molar-refractivity contribution in [3.8, 4) is 22.9 Å². The van der Waals surface area contributed by atoms with Crippen molar-refractivity contribution in [2.45, 2.75) is 45.8 Å². The Morgan fingerprint density at radius 2 is 1.96 bits per heavy atom. The standard InChI is InChI=1S/C21H23ClN2O4/c1-6-17(20(26)28-21(2,3)4)24-12-18(27-5)16(10-19(24)25)15-9-14(22)8-7-13(15)11-23/h7-10,12,17H,6H2,1-5H3. The Morgan fingerprint density at radius 1 is 1.29 bits per heavy atom. The number of methoxy groups -OCH3 is 1. The Morgan fingerprint density at radius 3 is 2.50 bits per heavy atom. The van der Waals surface area contributed by atoms with Gasteiger partial charge in [-0.05, 0) is 45.4 Å². The molecule has 1 aromatic carbocycles. The van der Waals surface area contributed by atoms with Crippen LogP contribution in [0.3, 0.4) is 0 Å². The second-order valence-corrected chi connectivity index (χ2v) is 7.70. The maximum absolute atomic E-state index is 12.8. The maximum Gasteiger partial charge on any atom is 0.329 e. The van der Waals surface area contributed by atoms with Gasteiger partial charge >= 0.3 is 5.97 Å². The zero-order valence-corrected chi connectivity index (χ0v) is 17.3. The molecule has 0 saturated carbocycles. The molecule has 0 saturated heterocycles. The zero-order valence-electron chi connectivity index (χ0n) is 16.6. The van der Waals surface area contributed by atoms with Crippen LogP contribution < -0.4 is 10.3 Å². The Labute approximate surface area is 169 Å². The summed E-state index contributed by atoms with van der Waals surface area (Å²) in [5.74, 6) is -0.146. The SMILES string of the molecule is CCC(C(=O)OC(C)(C)C)n1cc(OC)c(-c2cc(Cl)ccc2C#N)cc1=O. The number of esters is 1. The zero-order chi connectivity index (χ0) is 21.1. The molecule has 0 fully saturated rings. The highest BCUT2D eigenvalue weighted by Gasteiger charge is 2.27. The van der Waals surface area contributed by atoms with Gasteiger partial charge in [0.2, 0.25) is 0 Å². The number of rotatable bonds is 5. The molecule has 1 unspecified atom stereocenters. The van der Waals surface area contributed by atoms with E-state index in [-0.39, 0.29) is 0 Å². The first-order chi connectivity index (χ1) is 13.1. The summed E-state index contributed by atoms with van der Waals surface area (Å²) in [6.45, 7) is 7.11. The van der Waals surface area contributed by atoms with Gasteiger partial charge in [-0.2, -0.15) is 5.26 Å². The maximum atomic E-state index is 12.8. The first-order valence-corrected chi connectivity index (χ1v) is 9.22. The van der Waals surface area contributed by atoms with Crippen LogP contribution in [-0.4, -0.2) is 23.2 Å². The fourth-order valence-electron chi connectivity index (χ4n) is 2.83. The van der Waals surface area contributed by atoms with Crippen LogP contribution in [0.25, 0.3) is 11.1 Å². The van der Waals surface area contributed by atoms with Gasteiger partial charge in [0.15, 0.2) is 0 Å². The van der Waals surface area contributed by atoms with Gasteiger partial charge in [0.25, 0.3) is 5.56 Å². The molecule has 0 bridgehead atoms. The molecule has 0 aliphatic rings. The summed E-state index contributed by atoms with van der Waals surface area (Å²) in [5.41, 5.74) is 0.209. The summed E-state index contributed by atoms with van der Waals surface area (Å²) in [6, 6.07) is 7.44. The van der Waals surface area contributed by atoms with E-state index in [1.165, 1.54) is 23.9 Å². The molecule has 1 heterocycles. The molecule has 2 rings (SSSR count). The monoisotopic (exact) mass is 402 g/mol. The molecule has 1 atom stereocenters. The van der Waals surface area contributed by atoms with E-state index in [1.807, 2.05) is 0 Å². The van der Waals surface area contributed by atoms with Crippen molar-refractivity contribution < 1.29 is 14.3 Å². The van der Waals surface area contributed by atoms with E-state index in [4.69, 9.17) is 21.1 Å². The molecular weight excluding hydrogens is 380 g/mol. The number of nitrogens with zero attached hydrogens (tertiary/aromatic N) is 2. The molecule has 2 aromatic rings. The predicted octanol–water partition coefficient (Wildman–Crippen LogP) is 4.34. The van der Waals surface area contributed by atoms with Crippen LogP contribution in [0.1, 0.15) is 45.7 Å². The number of carbonyl (C=O) groups excluding carboxylic acids is 1. The number of pyridine rings is 1. The number of hydrogen-bond acceptors (Lipinski definition) is 5. The van der Waals surface area contributed by atoms with Crippen molar-refractivity contribution in [2.24, 2.45) is 0 Å². The number of benzene rings is 1. The summed E-state index contributed by atoms with van der Waals surface area (Å²) in [6.07, 6.45) is 1.84. The molecule has 0 spiro atoms. The Bertz CT molecular complexity index is 983. The molecule has 28 heavy (non-hydrogen) atoms. The minimum Gasteiger partial charge on any atom is -0.495 e. The molecule has 148 valence electrons. The Kier molecular flexibility index (Phi) is 6.52. The molecule has 0 radical (unpaired) electrons. The van der Waals surface area contributed by atoms with E-state index in [2.05, 4.69) is 6.07 Å². The number of aromatic nitrogens is 1. The van der Waals surface area contributed by atoms with E-state index in [1.54, 1.807) is 45.9 Å². The van der Waals surface area contributed by atoms with Crippen LogP contribution in [0.2, 0.25) is 5.02 Å². The van der Waals surface area contributed by atoms with Gasteiger partial charge in [0.05, 0.1) is 24.9 Å². The van der Waals surface area contributed by atoms with E-state index >= 15 is 0 Å². The van der Waals surface area contributed by atoms with Gasteiger partial charge in [-0.25, -0.2) is 4.79 Å². The molecule has 0 aliphatic carbocycles. The summed E-state index contributed by atoms with van der Waals surface area (Å²) in [5, 5.41) is 9.82. The Balaban J connectivity index is 2.61. The third kappa shape index (κ3) is 4.73. The number of carbonyl (C=O) groups is 1. The topological polar surface area (TPSA) is 81.3 Å². The van der Waals surface area contributed by atoms with E-state index in [9.17, 15) is 14.9 Å². The van der Waals surface area contributed by atoms with Gasteiger partial charge in [-0.15, -0.1) is 0 Å². The van der Waals surface area contributed by atoms with Crippen LogP contribution in [0.4, 0.5) is 0 Å². The smallest absolute Gasteiger partial charge is 0.329 e. The van der Waals surface area contributed by atoms with Gasteiger partial charge in [0.1, 0.15) is 17.4 Å². The largest absolute Gasteiger partial charge is 0.495 e. The quantitative estimate of drug-likeness (QED) is 0.695. The molecule has 1 aromatic heterocycles. The molecule has 7 heteroatoms. The van der Waals surface area contributed by atoms with Crippen molar-refractivity contribution in [1.82, 2.24) is 4.57 Å². The third-order valence-electron chi connectivity index (χ3n) is 4.06. The lowest BCUT2D eigenvalue weighted by atomic mass is 10.00. The number of nitriles is 1. The Hall–Kier alpha value is -2.78. The van der Waals surface area contributed by atoms with Crippen molar-refractivity contribution >= 4 is 17.6 Å². The van der Waals surface area contributed by atoms with Crippen molar-refractivity contribution in [1.29, 1.82) is 5.26 Å². The van der Waals surface area contributed by atoms with Crippen LogP contribution >= 0.6 is 11.6 Å².